The molecule has 2 aromatic rings. The highest BCUT2D eigenvalue weighted by Crippen LogP contribution is 2.25. The number of pyridine rings is 1. The van der Waals surface area contributed by atoms with Crippen LogP contribution in [0.25, 0.3) is 0 Å². The first kappa shape index (κ1) is 13.2. The molecule has 1 aromatic heterocycles. The molecule has 0 radical (unpaired) electrons. The van der Waals surface area contributed by atoms with Crippen molar-refractivity contribution in [3.05, 3.63) is 57.3 Å². The lowest BCUT2D eigenvalue weighted by Crippen LogP contribution is -2.04. The normalized spacial score (nSPS) is 10.4. The summed E-state index contributed by atoms with van der Waals surface area (Å²) in [5.41, 5.74) is 0.541. The number of hydrogen-bond donors (Lipinski definition) is 1. The molecule has 1 aromatic carbocycles. The number of rotatable bonds is 3. The zero-order chi connectivity index (χ0) is 13.1. The van der Waals surface area contributed by atoms with Crippen LogP contribution in [-0.2, 0) is 6.54 Å². The minimum atomic E-state index is -0.660. The van der Waals surface area contributed by atoms with E-state index < -0.39 is 11.6 Å². The molecule has 6 heteroatoms. The van der Waals surface area contributed by atoms with Gasteiger partial charge in [0.05, 0.1) is 5.02 Å². The summed E-state index contributed by atoms with van der Waals surface area (Å²) in [6, 6.07) is 4.07. The minimum absolute atomic E-state index is 0.175. The molecule has 0 amide bonds. The van der Waals surface area contributed by atoms with E-state index in [1.54, 1.807) is 12.3 Å². The molecule has 1 heterocycles. The van der Waals surface area contributed by atoms with Gasteiger partial charge in [-0.05, 0) is 23.8 Å². The zero-order valence-corrected chi connectivity index (χ0v) is 11.4. The fourth-order valence-electron chi connectivity index (χ4n) is 1.44. The van der Waals surface area contributed by atoms with E-state index in [2.05, 4.69) is 26.2 Å². The Hall–Kier alpha value is -1.20. The summed E-state index contributed by atoms with van der Waals surface area (Å²) in [6.07, 6.45) is 3.05. The average molecular weight is 334 g/mol. The van der Waals surface area contributed by atoms with Crippen LogP contribution in [0.3, 0.4) is 0 Å². The van der Waals surface area contributed by atoms with Gasteiger partial charge in [0, 0.05) is 23.4 Å². The predicted octanol–water partition coefficient (Wildman–Crippen LogP) is 4.39. The molecule has 0 aliphatic heterocycles. The number of hydrogen-bond acceptors (Lipinski definition) is 2. The van der Waals surface area contributed by atoms with Crippen molar-refractivity contribution in [2.75, 3.05) is 5.32 Å². The SMILES string of the molecule is Fc1cc(Br)cc(F)c1NCc1ccncc1Cl. The molecule has 0 aliphatic carbocycles. The van der Waals surface area contributed by atoms with Crippen LogP contribution in [0.4, 0.5) is 14.5 Å². The lowest BCUT2D eigenvalue weighted by Gasteiger charge is -2.10. The smallest absolute Gasteiger partial charge is 0.150 e. The van der Waals surface area contributed by atoms with Gasteiger partial charge >= 0.3 is 0 Å². The van der Waals surface area contributed by atoms with Crippen molar-refractivity contribution in [3.8, 4) is 0 Å². The van der Waals surface area contributed by atoms with Crippen LogP contribution in [0.2, 0.25) is 5.02 Å². The molecule has 0 unspecified atom stereocenters. The fraction of sp³-hybridized carbons (Fsp3) is 0.0833. The van der Waals surface area contributed by atoms with E-state index in [-0.39, 0.29) is 12.2 Å². The molecule has 1 N–H and O–H groups in total. The second kappa shape index (κ2) is 5.63. The van der Waals surface area contributed by atoms with Crippen LogP contribution < -0.4 is 5.32 Å². The average Bonchev–Trinajstić information content (AvgIpc) is 2.30. The second-order valence-corrected chi connectivity index (χ2v) is 4.89. The van der Waals surface area contributed by atoms with Gasteiger partial charge in [0.1, 0.15) is 17.3 Å². The summed E-state index contributed by atoms with van der Waals surface area (Å²) in [7, 11) is 0. The molecule has 2 rings (SSSR count). The molecule has 0 saturated carbocycles. The van der Waals surface area contributed by atoms with Crippen molar-refractivity contribution in [1.29, 1.82) is 0 Å². The summed E-state index contributed by atoms with van der Waals surface area (Å²) in [5.74, 6) is -1.32. The first-order valence-corrected chi connectivity index (χ1v) is 6.22. The molecular formula is C12H8BrClF2N2. The summed E-state index contributed by atoms with van der Waals surface area (Å²) >= 11 is 8.92. The third-order valence-corrected chi connectivity index (χ3v) is 3.12. The Morgan fingerprint density at radius 3 is 2.56 bits per heavy atom. The van der Waals surface area contributed by atoms with Crippen molar-refractivity contribution in [2.24, 2.45) is 0 Å². The summed E-state index contributed by atoms with van der Waals surface area (Å²) in [5, 5.41) is 3.13. The molecule has 0 aliphatic rings. The van der Waals surface area contributed by atoms with Crippen LogP contribution in [-0.4, -0.2) is 4.98 Å². The van der Waals surface area contributed by atoms with Gasteiger partial charge in [-0.1, -0.05) is 27.5 Å². The van der Waals surface area contributed by atoms with Crippen molar-refractivity contribution < 1.29 is 8.78 Å². The molecule has 0 atom stereocenters. The zero-order valence-electron chi connectivity index (χ0n) is 9.05. The number of benzene rings is 1. The van der Waals surface area contributed by atoms with Gasteiger partial charge in [-0.25, -0.2) is 8.78 Å². The highest BCUT2D eigenvalue weighted by molar-refractivity contribution is 9.10. The van der Waals surface area contributed by atoms with E-state index in [1.165, 1.54) is 18.3 Å². The van der Waals surface area contributed by atoms with Crippen LogP contribution in [0.5, 0.6) is 0 Å². The van der Waals surface area contributed by atoms with E-state index in [4.69, 9.17) is 11.6 Å². The van der Waals surface area contributed by atoms with E-state index in [0.717, 1.165) is 0 Å². The maximum Gasteiger partial charge on any atom is 0.150 e. The predicted molar refractivity (Wildman–Crippen MR) is 70.6 cm³/mol. The van der Waals surface area contributed by atoms with Gasteiger partial charge in [-0.15, -0.1) is 0 Å². The van der Waals surface area contributed by atoms with Crippen molar-refractivity contribution in [2.45, 2.75) is 6.54 Å². The van der Waals surface area contributed by atoms with Gasteiger partial charge in [0.15, 0.2) is 0 Å². The van der Waals surface area contributed by atoms with Crippen LogP contribution in [0, 0.1) is 11.6 Å². The summed E-state index contributed by atoms with van der Waals surface area (Å²) in [6.45, 7) is 0.219. The summed E-state index contributed by atoms with van der Waals surface area (Å²) in [4.78, 5) is 3.83. The molecule has 2 nitrogen and oxygen atoms in total. The standard InChI is InChI=1S/C12H8BrClF2N2/c13-8-3-10(15)12(11(16)4-8)18-5-7-1-2-17-6-9(7)14/h1-4,6,18H,5H2. The lowest BCUT2D eigenvalue weighted by molar-refractivity contribution is 0.586. The molecule has 94 valence electrons. The van der Waals surface area contributed by atoms with E-state index >= 15 is 0 Å². The first-order valence-electron chi connectivity index (χ1n) is 5.04. The molecule has 0 saturated heterocycles. The monoisotopic (exact) mass is 332 g/mol. The van der Waals surface area contributed by atoms with Crippen molar-refractivity contribution in [3.63, 3.8) is 0 Å². The Morgan fingerprint density at radius 2 is 1.94 bits per heavy atom. The van der Waals surface area contributed by atoms with Gasteiger partial charge in [0.25, 0.3) is 0 Å². The van der Waals surface area contributed by atoms with E-state index in [0.29, 0.717) is 15.1 Å². The van der Waals surface area contributed by atoms with Crippen LogP contribution in [0.1, 0.15) is 5.56 Å². The minimum Gasteiger partial charge on any atom is -0.376 e. The molecule has 0 fully saturated rings. The Balaban J connectivity index is 2.19. The first-order chi connectivity index (χ1) is 8.58. The molecule has 0 bridgehead atoms. The third kappa shape index (κ3) is 2.97. The third-order valence-electron chi connectivity index (χ3n) is 2.32. The second-order valence-electron chi connectivity index (χ2n) is 3.57. The maximum atomic E-state index is 13.5. The maximum absolute atomic E-state index is 13.5. The Kier molecular flexibility index (Phi) is 4.14. The fourth-order valence-corrected chi connectivity index (χ4v) is 2.03. The van der Waals surface area contributed by atoms with Gasteiger partial charge in [-0.2, -0.15) is 0 Å². The van der Waals surface area contributed by atoms with Crippen molar-refractivity contribution >= 4 is 33.2 Å². The lowest BCUT2D eigenvalue weighted by atomic mass is 10.2. The Labute approximate surface area is 116 Å². The van der Waals surface area contributed by atoms with Crippen LogP contribution in [0.15, 0.2) is 35.1 Å². The quantitative estimate of drug-likeness (QED) is 0.901. The van der Waals surface area contributed by atoms with Gasteiger partial charge in [0.2, 0.25) is 0 Å². The number of nitrogens with one attached hydrogen (secondary N) is 1. The Morgan fingerprint density at radius 1 is 1.28 bits per heavy atom. The number of aromatic nitrogens is 1. The van der Waals surface area contributed by atoms with E-state index in [1.807, 2.05) is 0 Å². The highest BCUT2D eigenvalue weighted by Gasteiger charge is 2.10. The topological polar surface area (TPSA) is 24.9 Å². The number of halogens is 4. The highest BCUT2D eigenvalue weighted by atomic mass is 79.9. The van der Waals surface area contributed by atoms with Gasteiger partial charge in [-0.3, -0.25) is 4.98 Å². The number of anilines is 1. The number of nitrogens with zero attached hydrogens (tertiary/aromatic N) is 1. The van der Waals surface area contributed by atoms with Gasteiger partial charge < -0.3 is 5.32 Å². The summed E-state index contributed by atoms with van der Waals surface area (Å²) < 4.78 is 27.4. The van der Waals surface area contributed by atoms with E-state index in [9.17, 15) is 8.78 Å². The molecule has 18 heavy (non-hydrogen) atoms. The van der Waals surface area contributed by atoms with Crippen molar-refractivity contribution in [1.82, 2.24) is 4.98 Å². The largest absolute Gasteiger partial charge is 0.376 e. The molecular weight excluding hydrogens is 325 g/mol. The Bertz CT molecular complexity index is 555. The molecule has 0 spiro atoms. The van der Waals surface area contributed by atoms with Crippen LogP contribution >= 0.6 is 27.5 Å².